The number of fused-ring (bicyclic) bond motifs is 9. The van der Waals surface area contributed by atoms with Crippen molar-refractivity contribution in [3.63, 3.8) is 0 Å². The van der Waals surface area contributed by atoms with E-state index >= 15 is 0 Å². The van der Waals surface area contributed by atoms with Crippen LogP contribution in [0.4, 0.5) is 0 Å². The average Bonchev–Trinajstić information content (AvgIpc) is 0.745. The third-order valence-electron chi connectivity index (χ3n) is 20.4. The SMILES string of the molecule is c1ccc(-c2c3ccccc3c(-c3ccc(-c4cccc5ccccc45)cc3)c3ccccc23)cc1.c1ccc(-c2c3ccccc3c(-c3ccc4ccccc4c3)c3ccccc23)cc1.c1ccc(-c2ccc(-c3c4ccccc4c(-c4ccc5ccccc5c4)c4ccccc34)cc2)nc1. The van der Waals surface area contributed by atoms with Crippen LogP contribution in [0.1, 0.15) is 0 Å². The van der Waals surface area contributed by atoms with Crippen LogP contribution in [0.3, 0.4) is 0 Å². The first-order valence-electron chi connectivity index (χ1n) is 35.2. The minimum Gasteiger partial charge on any atom is -0.256 e. The molecule has 0 saturated heterocycles. The lowest BCUT2D eigenvalue weighted by atomic mass is 9.85. The summed E-state index contributed by atoms with van der Waals surface area (Å²) >= 11 is 0. The summed E-state index contributed by atoms with van der Waals surface area (Å²) in [6.45, 7) is 0. The number of rotatable bonds is 8. The molecule has 0 aliphatic rings. The van der Waals surface area contributed by atoms with Gasteiger partial charge in [0, 0.05) is 11.8 Å². The molecule has 1 nitrogen and oxygen atoms in total. The van der Waals surface area contributed by atoms with Gasteiger partial charge in [0.05, 0.1) is 5.69 Å². The number of benzene rings is 19. The molecule has 0 aliphatic heterocycles. The van der Waals surface area contributed by atoms with E-state index in [-0.39, 0.29) is 0 Å². The summed E-state index contributed by atoms with van der Waals surface area (Å²) in [5.41, 5.74) is 19.9. The lowest BCUT2D eigenvalue weighted by Gasteiger charge is -2.18. The molecular formula is C101H67N. The molecule has 476 valence electrons. The van der Waals surface area contributed by atoms with Gasteiger partial charge in [-0.25, -0.2) is 0 Å². The fourth-order valence-electron chi connectivity index (χ4n) is 15.8. The van der Waals surface area contributed by atoms with Crippen LogP contribution >= 0.6 is 0 Å². The van der Waals surface area contributed by atoms with E-state index in [0.717, 1.165) is 11.3 Å². The molecular weight excluding hydrogens is 1230 g/mol. The Bertz CT molecular complexity index is 6340. The number of nitrogens with zero attached hydrogens (tertiary/aromatic N) is 1. The van der Waals surface area contributed by atoms with Gasteiger partial charge in [-0.05, 0) is 199 Å². The van der Waals surface area contributed by atoms with Gasteiger partial charge in [-0.2, -0.15) is 0 Å². The Labute approximate surface area is 593 Å². The van der Waals surface area contributed by atoms with Crippen molar-refractivity contribution in [1.29, 1.82) is 0 Å². The maximum absolute atomic E-state index is 4.52. The third kappa shape index (κ3) is 11.3. The molecule has 0 unspecified atom stereocenters. The molecule has 0 spiro atoms. The first-order valence-corrected chi connectivity index (χ1v) is 35.2. The van der Waals surface area contributed by atoms with Gasteiger partial charge in [0.1, 0.15) is 0 Å². The quantitative estimate of drug-likeness (QED) is 0.138. The molecule has 1 heteroatoms. The number of hydrogen-bond donors (Lipinski definition) is 0. The summed E-state index contributed by atoms with van der Waals surface area (Å²) in [7, 11) is 0. The zero-order valence-corrected chi connectivity index (χ0v) is 56.1. The van der Waals surface area contributed by atoms with Crippen LogP contribution in [0.25, 0.3) is 186 Å². The Balaban J connectivity index is 0.000000110. The molecule has 1 aromatic heterocycles. The van der Waals surface area contributed by atoms with Crippen molar-refractivity contribution >= 4 is 97.0 Å². The van der Waals surface area contributed by atoms with E-state index in [4.69, 9.17) is 0 Å². The fourth-order valence-corrected chi connectivity index (χ4v) is 15.8. The van der Waals surface area contributed by atoms with Crippen LogP contribution < -0.4 is 0 Å². The molecule has 0 amide bonds. The number of hydrogen-bond acceptors (Lipinski definition) is 1. The van der Waals surface area contributed by atoms with E-state index in [9.17, 15) is 0 Å². The number of aromatic nitrogens is 1. The van der Waals surface area contributed by atoms with Gasteiger partial charge >= 0.3 is 0 Å². The highest BCUT2D eigenvalue weighted by Gasteiger charge is 2.21. The fraction of sp³-hybridized carbons (Fsp3) is 0. The zero-order valence-electron chi connectivity index (χ0n) is 56.1. The highest BCUT2D eigenvalue weighted by Crippen LogP contribution is 2.48. The minimum atomic E-state index is 0.991. The normalized spacial score (nSPS) is 11.3. The van der Waals surface area contributed by atoms with Crippen molar-refractivity contribution in [3.05, 3.63) is 407 Å². The van der Waals surface area contributed by atoms with Crippen molar-refractivity contribution in [3.8, 4) is 89.1 Å². The second kappa shape index (κ2) is 26.8. The highest BCUT2D eigenvalue weighted by atomic mass is 14.7. The summed E-state index contributed by atoms with van der Waals surface area (Å²) in [6, 6.07) is 144. The third-order valence-corrected chi connectivity index (χ3v) is 20.4. The largest absolute Gasteiger partial charge is 0.256 e. The summed E-state index contributed by atoms with van der Waals surface area (Å²) in [5, 5.41) is 23.0. The Hall–Kier alpha value is -13.3. The Morgan fingerprint density at radius 3 is 0.745 bits per heavy atom. The summed E-state index contributed by atoms with van der Waals surface area (Å²) in [5.74, 6) is 0. The lowest BCUT2D eigenvalue weighted by Crippen LogP contribution is -1.91. The maximum atomic E-state index is 4.52. The molecule has 102 heavy (non-hydrogen) atoms. The molecule has 20 aromatic rings. The summed E-state index contributed by atoms with van der Waals surface area (Å²) < 4.78 is 0. The van der Waals surface area contributed by atoms with Crippen LogP contribution in [0.5, 0.6) is 0 Å². The molecule has 0 radical (unpaired) electrons. The molecule has 0 aliphatic carbocycles. The van der Waals surface area contributed by atoms with E-state index in [2.05, 4.69) is 393 Å². The highest BCUT2D eigenvalue weighted by molar-refractivity contribution is 6.24. The van der Waals surface area contributed by atoms with E-state index in [1.165, 1.54) is 175 Å². The van der Waals surface area contributed by atoms with Crippen LogP contribution in [0, 0.1) is 0 Å². The molecule has 0 atom stereocenters. The van der Waals surface area contributed by atoms with Crippen molar-refractivity contribution < 1.29 is 0 Å². The van der Waals surface area contributed by atoms with Crippen LogP contribution in [-0.2, 0) is 0 Å². The molecule has 0 bridgehead atoms. The minimum absolute atomic E-state index is 0.991. The number of pyridine rings is 1. The predicted octanol–water partition coefficient (Wildman–Crippen LogP) is 28.2. The van der Waals surface area contributed by atoms with Crippen molar-refractivity contribution in [2.75, 3.05) is 0 Å². The van der Waals surface area contributed by atoms with Crippen molar-refractivity contribution in [2.45, 2.75) is 0 Å². The van der Waals surface area contributed by atoms with Gasteiger partial charge in [-0.15, -0.1) is 0 Å². The summed E-state index contributed by atoms with van der Waals surface area (Å²) in [4.78, 5) is 4.52. The topological polar surface area (TPSA) is 12.9 Å². The van der Waals surface area contributed by atoms with Crippen LogP contribution in [0.2, 0.25) is 0 Å². The smallest absolute Gasteiger partial charge is 0.0701 e. The molecule has 1 heterocycles. The Kier molecular flexibility index (Phi) is 16.1. The Morgan fingerprint density at radius 1 is 0.137 bits per heavy atom. The average molecular weight is 1290 g/mol. The lowest BCUT2D eigenvalue weighted by molar-refractivity contribution is 1.33. The summed E-state index contributed by atoms with van der Waals surface area (Å²) in [6.07, 6.45) is 1.84. The van der Waals surface area contributed by atoms with Crippen LogP contribution in [0.15, 0.2) is 407 Å². The van der Waals surface area contributed by atoms with Gasteiger partial charge in [0.2, 0.25) is 0 Å². The van der Waals surface area contributed by atoms with E-state index in [1.54, 1.807) is 0 Å². The van der Waals surface area contributed by atoms with Gasteiger partial charge in [0.15, 0.2) is 0 Å². The van der Waals surface area contributed by atoms with Crippen molar-refractivity contribution in [2.24, 2.45) is 0 Å². The van der Waals surface area contributed by atoms with E-state index in [0.29, 0.717) is 0 Å². The molecule has 0 saturated carbocycles. The Morgan fingerprint density at radius 2 is 0.392 bits per heavy atom. The second-order valence-electron chi connectivity index (χ2n) is 26.3. The monoisotopic (exact) mass is 1290 g/mol. The molecule has 20 rings (SSSR count). The van der Waals surface area contributed by atoms with Gasteiger partial charge in [-0.1, -0.05) is 376 Å². The predicted molar refractivity (Wildman–Crippen MR) is 438 cm³/mol. The second-order valence-corrected chi connectivity index (χ2v) is 26.3. The van der Waals surface area contributed by atoms with Gasteiger partial charge in [-0.3, -0.25) is 4.98 Å². The van der Waals surface area contributed by atoms with Gasteiger partial charge < -0.3 is 0 Å². The van der Waals surface area contributed by atoms with E-state index < -0.39 is 0 Å². The first kappa shape index (κ1) is 61.0. The van der Waals surface area contributed by atoms with Gasteiger partial charge in [0.25, 0.3) is 0 Å². The van der Waals surface area contributed by atoms with Crippen molar-refractivity contribution in [1.82, 2.24) is 4.98 Å². The van der Waals surface area contributed by atoms with Crippen LogP contribution in [-0.4, -0.2) is 4.98 Å². The molecule has 19 aromatic carbocycles. The molecule has 0 N–H and O–H groups in total. The standard InChI is InChI=1S/C36H24.C35H23N.C30H20/c1-2-12-27(13-3-1)35-31-16-6-8-18-33(31)36(34-19-9-7-17-32(34)35)28-23-21-26(22-24-28)30-20-10-14-25-11-4-5-15-29(25)30;1-2-10-27-23-28(21-16-24(27)9-1)35-31-13-5-3-11-29(31)34(30-12-4-6-14-32(30)35)26-19-17-25(18-20-26)33-15-7-8-22-36-33;1-2-11-22(12-3-1)29-25-14-6-8-16-27(25)30(28-17-9-7-15-26(28)29)24-19-18-21-10-4-5-13-23(21)20-24/h1-24H;1-23H;1-20H. The van der Waals surface area contributed by atoms with E-state index in [1.807, 2.05) is 18.3 Å². The molecule has 0 fully saturated rings. The first-order chi connectivity index (χ1) is 50.6. The zero-order chi connectivity index (χ0) is 67.7. The maximum Gasteiger partial charge on any atom is 0.0701 e.